The zero-order valence-electron chi connectivity index (χ0n) is 36.9. The summed E-state index contributed by atoms with van der Waals surface area (Å²) in [4.78, 5) is 2.44. The van der Waals surface area contributed by atoms with E-state index in [9.17, 15) is 0 Å². The number of rotatable bonds is 7. The summed E-state index contributed by atoms with van der Waals surface area (Å²) in [5, 5.41) is 4.81. The van der Waals surface area contributed by atoms with Gasteiger partial charge in [-0.3, -0.25) is 0 Å². The van der Waals surface area contributed by atoms with E-state index in [-0.39, 0.29) is 5.41 Å². The lowest BCUT2D eigenvalue weighted by atomic mass is 9.81. The van der Waals surface area contributed by atoms with Gasteiger partial charge in [0.15, 0.2) is 0 Å². The third-order valence-electron chi connectivity index (χ3n) is 14.3. The third-order valence-corrected chi connectivity index (χ3v) is 14.3. The number of hydrogen-bond donors (Lipinski definition) is 0. The van der Waals surface area contributed by atoms with Crippen LogP contribution in [0, 0.1) is 0 Å². The van der Waals surface area contributed by atoms with Gasteiger partial charge in [0.1, 0.15) is 11.2 Å². The predicted octanol–water partition coefficient (Wildman–Crippen LogP) is 17.1. The van der Waals surface area contributed by atoms with Gasteiger partial charge < -0.3 is 13.9 Å². The summed E-state index contributed by atoms with van der Waals surface area (Å²) in [7, 11) is 0. The molecule has 13 rings (SSSR count). The molecule has 0 amide bonds. The molecule has 2 aliphatic rings. The summed E-state index contributed by atoms with van der Waals surface area (Å²) in [6, 6.07) is 75.4. The van der Waals surface area contributed by atoms with Gasteiger partial charge in [-0.25, -0.2) is 0 Å². The molecule has 0 saturated heterocycles. The maximum Gasteiger partial charge on any atom is 0.135 e. The van der Waals surface area contributed by atoms with Gasteiger partial charge in [0.2, 0.25) is 0 Å². The number of aromatic nitrogens is 1. The summed E-state index contributed by atoms with van der Waals surface area (Å²) in [5.74, 6) is 0.346. The van der Waals surface area contributed by atoms with E-state index in [1.54, 1.807) is 0 Å². The lowest BCUT2D eigenvalue weighted by Crippen LogP contribution is -2.19. The normalized spacial score (nSPS) is 15.1. The summed E-state index contributed by atoms with van der Waals surface area (Å²) < 4.78 is 8.54. The van der Waals surface area contributed by atoms with Crippen molar-refractivity contribution in [1.82, 2.24) is 4.57 Å². The second kappa shape index (κ2) is 15.0. The molecule has 314 valence electrons. The largest absolute Gasteiger partial charge is 0.456 e. The highest BCUT2D eigenvalue weighted by Gasteiger charge is 2.36. The number of hydrogen-bond acceptors (Lipinski definition) is 2. The van der Waals surface area contributed by atoms with Crippen molar-refractivity contribution in [2.75, 3.05) is 4.90 Å². The van der Waals surface area contributed by atoms with Crippen LogP contribution < -0.4 is 4.90 Å². The fraction of sp³-hybridized carbons (Fsp3) is 0.0794. The summed E-state index contributed by atoms with van der Waals surface area (Å²) >= 11 is 0. The van der Waals surface area contributed by atoms with Crippen molar-refractivity contribution in [3.8, 4) is 39.1 Å². The Labute approximate surface area is 384 Å². The topological polar surface area (TPSA) is 21.3 Å². The first-order valence-corrected chi connectivity index (χ1v) is 23.1. The van der Waals surface area contributed by atoms with E-state index in [0.717, 1.165) is 39.7 Å². The Morgan fingerprint density at radius 1 is 0.485 bits per heavy atom. The van der Waals surface area contributed by atoms with Crippen LogP contribution in [0.3, 0.4) is 0 Å². The van der Waals surface area contributed by atoms with Crippen LogP contribution >= 0.6 is 0 Å². The SMILES string of the molecule is CC1(C)c2cc(-c3ccc4c(c3)c3ccccc3n4-c3ccccc3)ccc2-c2ccc(N(C3=CCC(c4ccccc4)C=C3)c3ccc(-c4ccc5oc6ccccc6c5c4)cc3)cc21. The molecule has 2 aromatic heterocycles. The lowest BCUT2D eigenvalue weighted by Gasteiger charge is -2.31. The molecular formula is C63H46N2O. The van der Waals surface area contributed by atoms with Crippen LogP contribution in [0.15, 0.2) is 235 Å². The van der Waals surface area contributed by atoms with Crippen LogP contribution in [0.1, 0.15) is 42.9 Å². The number of fused-ring (bicyclic) bond motifs is 9. The molecule has 11 aromatic rings. The average molecular weight is 847 g/mol. The molecule has 9 aromatic carbocycles. The highest BCUT2D eigenvalue weighted by molar-refractivity contribution is 6.10. The molecule has 0 radical (unpaired) electrons. The van der Waals surface area contributed by atoms with Gasteiger partial charge >= 0.3 is 0 Å². The van der Waals surface area contributed by atoms with Crippen molar-refractivity contribution in [3.05, 3.63) is 247 Å². The van der Waals surface area contributed by atoms with E-state index in [4.69, 9.17) is 4.42 Å². The second-order valence-corrected chi connectivity index (χ2v) is 18.5. The Kier molecular flexibility index (Phi) is 8.69. The fourth-order valence-electron chi connectivity index (χ4n) is 10.9. The molecule has 0 saturated carbocycles. The molecule has 2 heterocycles. The molecular weight excluding hydrogens is 801 g/mol. The minimum Gasteiger partial charge on any atom is -0.456 e. The molecule has 1 unspecified atom stereocenters. The van der Waals surface area contributed by atoms with Gasteiger partial charge in [-0.15, -0.1) is 0 Å². The van der Waals surface area contributed by atoms with Crippen LogP contribution in [-0.2, 0) is 5.41 Å². The molecule has 1 atom stereocenters. The Bertz CT molecular complexity index is 3750. The first-order valence-electron chi connectivity index (χ1n) is 23.1. The van der Waals surface area contributed by atoms with E-state index in [2.05, 4.69) is 236 Å². The van der Waals surface area contributed by atoms with Gasteiger partial charge in [0.05, 0.1) is 11.0 Å². The Morgan fingerprint density at radius 3 is 1.88 bits per heavy atom. The minimum atomic E-state index is -0.218. The number of benzene rings is 9. The summed E-state index contributed by atoms with van der Waals surface area (Å²) in [6.45, 7) is 4.79. The molecule has 2 aliphatic carbocycles. The molecule has 0 bridgehead atoms. The summed E-state index contributed by atoms with van der Waals surface area (Å²) in [6.07, 6.45) is 8.05. The van der Waals surface area contributed by atoms with E-state index >= 15 is 0 Å². The third kappa shape index (κ3) is 6.11. The first-order chi connectivity index (χ1) is 32.5. The Balaban J connectivity index is 0.870. The lowest BCUT2D eigenvalue weighted by molar-refractivity contribution is 0.660. The molecule has 0 spiro atoms. The number of furan rings is 1. The van der Waals surface area contributed by atoms with E-state index in [1.165, 1.54) is 83.3 Å². The monoisotopic (exact) mass is 846 g/mol. The van der Waals surface area contributed by atoms with Crippen molar-refractivity contribution in [1.29, 1.82) is 0 Å². The zero-order valence-corrected chi connectivity index (χ0v) is 36.9. The maximum atomic E-state index is 6.16. The predicted molar refractivity (Wildman–Crippen MR) is 276 cm³/mol. The fourth-order valence-corrected chi connectivity index (χ4v) is 10.9. The standard InChI is InChI=1S/C63H46N2O/c1-63(2)57-39-46(45-26-35-60-55(37-45)53-17-9-11-19-59(53)65(60)47-15-7-4-8-16-47)25-33-51(57)52-34-32-50(40-58(52)63)64(48-28-21-42(22-29-48)41-13-5-3-6-14-41)49-30-23-43(24-31-49)44-27-36-62-56(38-44)54-18-10-12-20-61(54)66-62/h3-21,23-40,42H,22H2,1-2H3. The van der Waals surface area contributed by atoms with Gasteiger partial charge in [0, 0.05) is 55.6 Å². The van der Waals surface area contributed by atoms with Crippen LogP contribution in [0.5, 0.6) is 0 Å². The Hall–Kier alpha value is -8.14. The van der Waals surface area contributed by atoms with Gasteiger partial charge in [-0.05, 0) is 141 Å². The zero-order chi connectivity index (χ0) is 43.9. The van der Waals surface area contributed by atoms with E-state index < -0.39 is 0 Å². The minimum absolute atomic E-state index is 0.218. The molecule has 0 fully saturated rings. The van der Waals surface area contributed by atoms with Crippen molar-refractivity contribution in [2.45, 2.75) is 31.6 Å². The van der Waals surface area contributed by atoms with Crippen LogP contribution in [0.25, 0.3) is 82.8 Å². The second-order valence-electron chi connectivity index (χ2n) is 18.5. The van der Waals surface area contributed by atoms with Crippen molar-refractivity contribution in [2.24, 2.45) is 0 Å². The number of para-hydroxylation sites is 3. The van der Waals surface area contributed by atoms with Crippen LogP contribution in [0.2, 0.25) is 0 Å². The van der Waals surface area contributed by atoms with Crippen molar-refractivity contribution in [3.63, 3.8) is 0 Å². The number of anilines is 2. The smallest absolute Gasteiger partial charge is 0.135 e. The highest BCUT2D eigenvalue weighted by atomic mass is 16.3. The summed E-state index contributed by atoms with van der Waals surface area (Å²) in [5.41, 5.74) is 20.2. The average Bonchev–Trinajstić information content (AvgIpc) is 3.99. The number of nitrogens with zero attached hydrogens (tertiary/aromatic N) is 2. The first kappa shape index (κ1) is 38.3. The van der Waals surface area contributed by atoms with Crippen LogP contribution in [0.4, 0.5) is 11.4 Å². The van der Waals surface area contributed by atoms with Crippen LogP contribution in [-0.4, -0.2) is 4.57 Å². The molecule has 0 aliphatic heterocycles. The van der Waals surface area contributed by atoms with E-state index in [1.807, 2.05) is 12.1 Å². The van der Waals surface area contributed by atoms with Gasteiger partial charge in [-0.1, -0.05) is 153 Å². The van der Waals surface area contributed by atoms with Gasteiger partial charge in [-0.2, -0.15) is 0 Å². The number of allylic oxidation sites excluding steroid dienone is 3. The quantitative estimate of drug-likeness (QED) is 0.159. The highest BCUT2D eigenvalue weighted by Crippen LogP contribution is 2.52. The Morgan fingerprint density at radius 2 is 1.08 bits per heavy atom. The van der Waals surface area contributed by atoms with E-state index in [0.29, 0.717) is 5.92 Å². The van der Waals surface area contributed by atoms with Gasteiger partial charge in [0.25, 0.3) is 0 Å². The molecule has 66 heavy (non-hydrogen) atoms. The maximum absolute atomic E-state index is 6.16. The van der Waals surface area contributed by atoms with Crippen molar-refractivity contribution < 1.29 is 4.42 Å². The molecule has 3 heteroatoms. The molecule has 0 N–H and O–H groups in total. The van der Waals surface area contributed by atoms with Crippen molar-refractivity contribution >= 4 is 55.1 Å². The molecule has 3 nitrogen and oxygen atoms in total.